The molecule has 1 atom stereocenters. The van der Waals surface area contributed by atoms with Crippen LogP contribution in [0, 0.1) is 5.82 Å². The van der Waals surface area contributed by atoms with Gasteiger partial charge in [-0.1, -0.05) is 50.6 Å². The minimum absolute atomic E-state index is 0.0151. The van der Waals surface area contributed by atoms with Gasteiger partial charge in [-0.05, 0) is 88.0 Å². The fourth-order valence-corrected chi connectivity index (χ4v) is 4.33. The maximum absolute atomic E-state index is 14.7. The summed E-state index contributed by atoms with van der Waals surface area (Å²) in [5.74, 6) is -0.813. The summed E-state index contributed by atoms with van der Waals surface area (Å²) in [6.07, 6.45) is 3.67. The number of aryl methyl sites for hydroxylation is 2. The second kappa shape index (κ2) is 14.1. The molecule has 0 aromatic heterocycles. The Balaban J connectivity index is 2.02. The summed E-state index contributed by atoms with van der Waals surface area (Å²) in [5, 5.41) is 3.34. The topological polar surface area (TPSA) is 70.7 Å². The molecule has 1 amide bonds. The van der Waals surface area contributed by atoms with Crippen LogP contribution in [-0.4, -0.2) is 42.4 Å². The number of benzene rings is 2. The van der Waals surface area contributed by atoms with Gasteiger partial charge in [0, 0.05) is 16.1 Å². The monoisotopic (exact) mass is 488 g/mol. The van der Waals surface area contributed by atoms with Crippen LogP contribution < -0.4 is 11.1 Å². The van der Waals surface area contributed by atoms with E-state index >= 15 is 0 Å². The number of rotatable bonds is 12. The summed E-state index contributed by atoms with van der Waals surface area (Å²) in [5.41, 5.74) is 8.69. The molecule has 2 aromatic rings. The third kappa shape index (κ3) is 8.41. The molecule has 0 aliphatic heterocycles. The summed E-state index contributed by atoms with van der Waals surface area (Å²) >= 11 is 6.32. The van der Waals surface area contributed by atoms with Crippen LogP contribution in [0.3, 0.4) is 0 Å². The van der Waals surface area contributed by atoms with E-state index in [0.29, 0.717) is 23.4 Å². The molecule has 0 heterocycles. The third-order valence-electron chi connectivity index (χ3n) is 6.12. The highest BCUT2D eigenvalue weighted by Gasteiger charge is 2.16. The van der Waals surface area contributed by atoms with Crippen LogP contribution >= 0.6 is 11.6 Å². The molecule has 0 saturated heterocycles. The zero-order valence-corrected chi connectivity index (χ0v) is 21.6. The van der Waals surface area contributed by atoms with Crippen LogP contribution in [0.4, 0.5) is 4.39 Å². The highest BCUT2D eigenvalue weighted by molar-refractivity contribution is 6.31. The van der Waals surface area contributed by atoms with Gasteiger partial charge in [0.05, 0.1) is 6.04 Å². The third-order valence-corrected chi connectivity index (χ3v) is 6.47. The Labute approximate surface area is 208 Å². The van der Waals surface area contributed by atoms with Crippen molar-refractivity contribution < 1.29 is 9.18 Å². The standard InChI is InChI=1S/C27H38ClFN4O/c1-5-21-15-13-20(18-24(21)28)14-16-22-23(11-8-12-25(22)29)26(34)32-27(30)31-19(4)10-9-17-33(6-2)7-3/h8,11-13,15,18-19H,5-7,9-10,14,16-17H2,1-4H3,(H3,30,31,32,34). The largest absolute Gasteiger partial charge is 0.370 e. The molecule has 0 fully saturated rings. The highest BCUT2D eigenvalue weighted by atomic mass is 35.5. The summed E-state index contributed by atoms with van der Waals surface area (Å²) in [6, 6.07) is 10.4. The van der Waals surface area contributed by atoms with Crippen molar-refractivity contribution in [2.45, 2.75) is 65.8 Å². The smallest absolute Gasteiger partial charge is 0.258 e. The van der Waals surface area contributed by atoms with Crippen molar-refractivity contribution in [1.29, 1.82) is 0 Å². The second-order valence-electron chi connectivity index (χ2n) is 8.53. The SMILES string of the molecule is CCc1ccc(CCc2c(F)cccc2C(=O)NC(N)=NC(C)CCCN(CC)CC)cc1Cl. The summed E-state index contributed by atoms with van der Waals surface area (Å²) in [6.45, 7) is 11.4. The molecular weight excluding hydrogens is 451 g/mol. The van der Waals surface area contributed by atoms with Crippen LogP contribution in [-0.2, 0) is 19.3 Å². The molecule has 0 aliphatic rings. The maximum Gasteiger partial charge on any atom is 0.258 e. The summed E-state index contributed by atoms with van der Waals surface area (Å²) in [7, 11) is 0. The van der Waals surface area contributed by atoms with Gasteiger partial charge in [-0.2, -0.15) is 0 Å². The molecule has 0 radical (unpaired) electrons. The molecule has 0 aliphatic carbocycles. The van der Waals surface area contributed by atoms with Gasteiger partial charge in [0.1, 0.15) is 5.82 Å². The molecule has 2 aromatic carbocycles. The molecule has 34 heavy (non-hydrogen) atoms. The minimum atomic E-state index is -0.453. The van der Waals surface area contributed by atoms with Crippen molar-refractivity contribution in [3.05, 3.63) is 69.5 Å². The Hall–Kier alpha value is -2.44. The van der Waals surface area contributed by atoms with Crippen LogP contribution in [0.25, 0.3) is 0 Å². The average Bonchev–Trinajstić information content (AvgIpc) is 2.80. The van der Waals surface area contributed by atoms with E-state index < -0.39 is 11.7 Å². The van der Waals surface area contributed by atoms with Crippen molar-refractivity contribution in [3.8, 4) is 0 Å². The Kier molecular flexibility index (Phi) is 11.5. The number of guanidine groups is 1. The molecule has 0 saturated carbocycles. The van der Waals surface area contributed by atoms with Crippen LogP contribution in [0.1, 0.15) is 67.6 Å². The highest BCUT2D eigenvalue weighted by Crippen LogP contribution is 2.21. The first-order chi connectivity index (χ1) is 16.3. The van der Waals surface area contributed by atoms with Gasteiger partial charge < -0.3 is 10.6 Å². The average molecular weight is 489 g/mol. The van der Waals surface area contributed by atoms with Gasteiger partial charge in [-0.25, -0.2) is 4.39 Å². The minimum Gasteiger partial charge on any atom is -0.370 e. The van der Waals surface area contributed by atoms with Crippen LogP contribution in [0.2, 0.25) is 5.02 Å². The van der Waals surface area contributed by atoms with Gasteiger partial charge in [-0.3, -0.25) is 15.1 Å². The first kappa shape index (κ1) is 27.8. The zero-order valence-electron chi connectivity index (χ0n) is 20.8. The predicted molar refractivity (Wildman–Crippen MR) is 140 cm³/mol. The lowest BCUT2D eigenvalue weighted by molar-refractivity contribution is 0.0975. The van der Waals surface area contributed by atoms with Crippen LogP contribution in [0.5, 0.6) is 0 Å². The van der Waals surface area contributed by atoms with E-state index in [2.05, 4.69) is 29.1 Å². The molecule has 7 heteroatoms. The van der Waals surface area contributed by atoms with E-state index in [4.69, 9.17) is 17.3 Å². The van der Waals surface area contributed by atoms with Crippen molar-refractivity contribution in [2.24, 2.45) is 10.7 Å². The first-order valence-corrected chi connectivity index (χ1v) is 12.6. The van der Waals surface area contributed by atoms with Crippen molar-refractivity contribution in [1.82, 2.24) is 10.2 Å². The number of hydrogen-bond acceptors (Lipinski definition) is 3. The van der Waals surface area contributed by atoms with Crippen molar-refractivity contribution in [3.63, 3.8) is 0 Å². The van der Waals surface area contributed by atoms with Gasteiger partial charge in [0.2, 0.25) is 0 Å². The molecule has 5 nitrogen and oxygen atoms in total. The number of halogens is 2. The number of amides is 1. The quantitative estimate of drug-likeness (QED) is 0.311. The van der Waals surface area contributed by atoms with Crippen molar-refractivity contribution >= 4 is 23.5 Å². The fraction of sp³-hybridized carbons (Fsp3) is 0.481. The van der Waals surface area contributed by atoms with Gasteiger partial charge >= 0.3 is 0 Å². The summed E-state index contributed by atoms with van der Waals surface area (Å²) in [4.78, 5) is 19.6. The van der Waals surface area contributed by atoms with Crippen molar-refractivity contribution in [2.75, 3.05) is 19.6 Å². The maximum atomic E-state index is 14.7. The molecule has 0 bridgehead atoms. The van der Waals surface area contributed by atoms with E-state index in [9.17, 15) is 9.18 Å². The molecule has 2 rings (SSSR count). The predicted octanol–water partition coefficient (Wildman–Crippen LogP) is 5.38. The van der Waals surface area contributed by atoms with E-state index in [-0.39, 0.29) is 17.6 Å². The Bertz CT molecular complexity index is 975. The Morgan fingerprint density at radius 1 is 1.18 bits per heavy atom. The Morgan fingerprint density at radius 2 is 1.91 bits per heavy atom. The molecule has 1 unspecified atom stereocenters. The lowest BCUT2D eigenvalue weighted by atomic mass is 9.98. The van der Waals surface area contributed by atoms with Crippen LogP contribution in [0.15, 0.2) is 41.4 Å². The van der Waals surface area contributed by atoms with E-state index in [1.165, 1.54) is 12.1 Å². The number of nitrogens with two attached hydrogens (primary N) is 1. The lowest BCUT2D eigenvalue weighted by Gasteiger charge is -2.18. The van der Waals surface area contributed by atoms with E-state index in [1.807, 2.05) is 32.0 Å². The number of carbonyl (C=O) groups excluding carboxylic acids is 1. The second-order valence-corrected chi connectivity index (χ2v) is 8.94. The summed E-state index contributed by atoms with van der Waals surface area (Å²) < 4.78 is 14.7. The fourth-order valence-electron chi connectivity index (χ4n) is 4.00. The normalized spacial score (nSPS) is 12.7. The molecule has 186 valence electrons. The molecule has 3 N–H and O–H groups in total. The lowest BCUT2D eigenvalue weighted by Crippen LogP contribution is -2.38. The number of carbonyl (C=O) groups is 1. The number of aliphatic imine (C=N–C) groups is 1. The number of nitrogens with one attached hydrogen (secondary N) is 1. The van der Waals surface area contributed by atoms with Gasteiger partial charge in [-0.15, -0.1) is 0 Å². The Morgan fingerprint density at radius 3 is 2.56 bits per heavy atom. The van der Waals surface area contributed by atoms with Gasteiger partial charge in [0.15, 0.2) is 5.96 Å². The molecular formula is C27H38ClFN4O. The number of nitrogens with zero attached hydrogens (tertiary/aromatic N) is 2. The molecule has 0 spiro atoms. The number of hydrogen-bond donors (Lipinski definition) is 2. The zero-order chi connectivity index (χ0) is 25.1. The van der Waals surface area contributed by atoms with Gasteiger partial charge in [0.25, 0.3) is 5.91 Å². The first-order valence-electron chi connectivity index (χ1n) is 12.2. The van der Waals surface area contributed by atoms with E-state index in [1.54, 1.807) is 6.07 Å². The van der Waals surface area contributed by atoms with E-state index in [0.717, 1.165) is 50.0 Å².